The van der Waals surface area contributed by atoms with E-state index in [4.69, 9.17) is 37.2 Å². The summed E-state index contributed by atoms with van der Waals surface area (Å²) in [5.41, 5.74) is 0. The number of halogens is 5. The zero-order valence-electron chi connectivity index (χ0n) is 3.67. The minimum absolute atomic E-state index is 1.24. The van der Waals surface area contributed by atoms with E-state index in [2.05, 4.69) is 15.9 Å². The number of hydrogen-bond donors (Lipinski definition) is 0. The summed E-state index contributed by atoms with van der Waals surface area (Å²) in [6.07, 6.45) is 0. The van der Waals surface area contributed by atoms with Crippen molar-refractivity contribution in [3.8, 4) is 0 Å². The van der Waals surface area contributed by atoms with Gasteiger partial charge in [0.15, 0.2) is 0 Å². The Morgan fingerprint density at radius 3 is 1.25 bits per heavy atom. The van der Waals surface area contributed by atoms with E-state index >= 15 is 0 Å². The zero-order valence-corrected chi connectivity index (χ0v) is 12.8. The molecule has 0 aliphatic rings. The van der Waals surface area contributed by atoms with Crippen molar-refractivity contribution >= 4 is 56.7 Å². The Morgan fingerprint density at radius 1 is 1.25 bits per heavy atom. The van der Waals surface area contributed by atoms with Crippen LogP contribution in [-0.2, 0) is 30.2 Å². The molecule has 0 aliphatic carbocycles. The van der Waals surface area contributed by atoms with Crippen LogP contribution in [0, 0.1) is 0 Å². The Hall–Kier alpha value is 2.85. The Labute approximate surface area is 85.4 Å². The molecular formula is CHBrCl4TiZn. The quantitative estimate of drug-likeness (QED) is 0.589. The van der Waals surface area contributed by atoms with E-state index in [-0.39, 0.29) is 0 Å². The molecule has 0 atom stereocenters. The predicted molar refractivity (Wildman–Crippen MR) is 38.4 cm³/mol. The SMILES string of the molecule is [Cl][Ti]([Cl])([Cl])[Cl].[Zn]=[CH]Br. The van der Waals surface area contributed by atoms with E-state index in [1.165, 1.54) is 17.9 Å². The third-order valence-corrected chi connectivity index (χ3v) is 0. The van der Waals surface area contributed by atoms with Gasteiger partial charge in [-0.3, -0.25) is 0 Å². The molecule has 0 rings (SSSR count). The summed E-state index contributed by atoms with van der Waals surface area (Å²) in [5.74, 6) is 0. The van der Waals surface area contributed by atoms with Gasteiger partial charge in [-0.25, -0.2) is 0 Å². The van der Waals surface area contributed by atoms with E-state index < -0.39 is 12.3 Å². The molecular weight excluding hydrogens is 347 g/mol. The summed E-state index contributed by atoms with van der Waals surface area (Å²) in [6.45, 7) is 0. The monoisotopic (exact) mass is 344 g/mol. The normalized spacial score (nSPS) is 9.38. The van der Waals surface area contributed by atoms with Gasteiger partial charge in [-0.05, 0) is 0 Å². The first-order chi connectivity index (χ1) is 3.41. The average molecular weight is 348 g/mol. The van der Waals surface area contributed by atoms with Crippen LogP contribution in [0.5, 0.6) is 0 Å². The van der Waals surface area contributed by atoms with Gasteiger partial charge in [0.2, 0.25) is 0 Å². The van der Waals surface area contributed by atoms with Crippen LogP contribution in [0.3, 0.4) is 0 Å². The molecule has 0 amide bonds. The third-order valence-electron chi connectivity index (χ3n) is 0. The van der Waals surface area contributed by atoms with E-state index in [1.807, 2.05) is 3.52 Å². The van der Waals surface area contributed by atoms with Crippen molar-refractivity contribution in [3.05, 3.63) is 0 Å². The summed E-state index contributed by atoms with van der Waals surface area (Å²) in [6, 6.07) is 0. The maximum atomic E-state index is 5.01. The van der Waals surface area contributed by atoms with Gasteiger partial charge < -0.3 is 0 Å². The van der Waals surface area contributed by atoms with Crippen LogP contribution in [0.15, 0.2) is 0 Å². The molecule has 8 heavy (non-hydrogen) atoms. The second-order valence-corrected chi connectivity index (χ2v) is 20.1. The Balaban J connectivity index is 0. The Bertz CT molecular complexity index is 55.5. The molecule has 0 aromatic heterocycles. The predicted octanol–water partition coefficient (Wildman–Crippen LogP) is 3.44. The van der Waals surface area contributed by atoms with Gasteiger partial charge in [0, 0.05) is 0 Å². The molecule has 0 nitrogen and oxygen atoms in total. The first-order valence-electron chi connectivity index (χ1n) is 1.38. The molecule has 0 heterocycles. The van der Waals surface area contributed by atoms with Crippen LogP contribution in [0.25, 0.3) is 0 Å². The first kappa shape index (κ1) is 13.4. The molecule has 0 aliphatic heterocycles. The molecule has 0 fully saturated rings. The number of hydrogen-bond acceptors (Lipinski definition) is 0. The van der Waals surface area contributed by atoms with Crippen LogP contribution in [0.4, 0.5) is 0 Å². The zero-order chi connectivity index (χ0) is 7.21. The molecule has 0 saturated carbocycles. The van der Waals surface area contributed by atoms with E-state index in [0.717, 1.165) is 0 Å². The van der Waals surface area contributed by atoms with Crippen molar-refractivity contribution in [2.75, 3.05) is 0 Å². The van der Waals surface area contributed by atoms with Crippen LogP contribution >= 0.6 is 53.1 Å². The van der Waals surface area contributed by atoms with Crippen LogP contribution in [-0.4, -0.2) is 3.52 Å². The molecule has 0 aromatic carbocycles. The molecule has 46 valence electrons. The van der Waals surface area contributed by atoms with Gasteiger partial charge in [0.05, 0.1) is 0 Å². The van der Waals surface area contributed by atoms with Gasteiger partial charge in [0.1, 0.15) is 0 Å². The minimum atomic E-state index is -3.11. The standard InChI is InChI=1S/CHBr.4ClH.Ti.Zn/c1-2;;;;;;/h1H;4*1H;;/q;;;;;+4;/p-4. The fourth-order valence-electron chi connectivity index (χ4n) is 0. The van der Waals surface area contributed by atoms with E-state index in [1.54, 1.807) is 0 Å². The van der Waals surface area contributed by atoms with Crippen LogP contribution < -0.4 is 0 Å². The van der Waals surface area contributed by atoms with Gasteiger partial charge >= 0.3 is 86.9 Å². The summed E-state index contributed by atoms with van der Waals surface area (Å²) in [7, 11) is 20.1. The summed E-state index contributed by atoms with van der Waals surface area (Å²) in [5, 5.41) is 0. The molecule has 0 N–H and O–H groups in total. The van der Waals surface area contributed by atoms with Crippen molar-refractivity contribution in [1.82, 2.24) is 0 Å². The Morgan fingerprint density at radius 2 is 1.25 bits per heavy atom. The van der Waals surface area contributed by atoms with Crippen molar-refractivity contribution in [2.24, 2.45) is 0 Å². The second kappa shape index (κ2) is 7.95. The summed E-state index contributed by atoms with van der Waals surface area (Å²) >= 11 is 1.20. The average Bonchev–Trinajstić information content (AvgIpc) is 1.27. The van der Waals surface area contributed by atoms with E-state index in [9.17, 15) is 0 Å². The molecule has 0 unspecified atom stereocenters. The third kappa shape index (κ3) is 67.2. The molecule has 0 spiro atoms. The van der Waals surface area contributed by atoms with Gasteiger partial charge in [-0.1, -0.05) is 0 Å². The van der Waals surface area contributed by atoms with Crippen molar-refractivity contribution < 1.29 is 30.2 Å². The van der Waals surface area contributed by atoms with Gasteiger partial charge in [-0.2, -0.15) is 0 Å². The van der Waals surface area contributed by atoms with Crippen LogP contribution in [0.1, 0.15) is 0 Å². The fraction of sp³-hybridized carbons (Fsp3) is 0. The van der Waals surface area contributed by atoms with Gasteiger partial charge in [0.25, 0.3) is 0 Å². The van der Waals surface area contributed by atoms with Crippen LogP contribution in [0.2, 0.25) is 0 Å². The summed E-state index contributed by atoms with van der Waals surface area (Å²) < 4.78 is 1.94. The summed E-state index contributed by atoms with van der Waals surface area (Å²) in [4.78, 5) is 0. The van der Waals surface area contributed by atoms with Crippen molar-refractivity contribution in [1.29, 1.82) is 0 Å². The molecule has 0 bridgehead atoms. The molecule has 0 radical (unpaired) electrons. The second-order valence-electron chi connectivity index (χ2n) is 0.583. The Kier molecular flexibility index (Phi) is 13.4. The molecule has 7 heteroatoms. The molecule has 0 aromatic rings. The van der Waals surface area contributed by atoms with E-state index in [0.29, 0.717) is 0 Å². The van der Waals surface area contributed by atoms with Crippen molar-refractivity contribution in [2.45, 2.75) is 0 Å². The van der Waals surface area contributed by atoms with Gasteiger partial charge in [-0.15, -0.1) is 0 Å². The van der Waals surface area contributed by atoms with Crippen molar-refractivity contribution in [3.63, 3.8) is 0 Å². The fourth-order valence-corrected chi connectivity index (χ4v) is 0. The topological polar surface area (TPSA) is 0 Å². The number of rotatable bonds is 0. The first-order valence-corrected chi connectivity index (χ1v) is 12.6. The molecule has 0 saturated heterocycles. The maximum absolute atomic E-state index is 5.01.